The molecule has 0 bridgehead atoms. The van der Waals surface area contributed by atoms with Crippen LogP contribution in [0.5, 0.6) is 5.75 Å². The highest BCUT2D eigenvalue weighted by atomic mass is 19.1. The van der Waals surface area contributed by atoms with Crippen molar-refractivity contribution in [2.75, 3.05) is 0 Å². The number of carbonyl (C=O) groups is 3. The number of urea groups is 1. The third-order valence-corrected chi connectivity index (χ3v) is 3.54. The fourth-order valence-electron chi connectivity index (χ4n) is 2.59. The fourth-order valence-corrected chi connectivity index (χ4v) is 2.59. The molecule has 1 aromatic rings. The van der Waals surface area contributed by atoms with Crippen LogP contribution >= 0.6 is 0 Å². The first-order valence-corrected chi connectivity index (χ1v) is 6.07. The molecule has 2 atom stereocenters. The number of carbonyl (C=O) groups excluding carboxylic acids is 3. The second-order valence-corrected chi connectivity index (χ2v) is 4.77. The first kappa shape index (κ1) is 13.3. The van der Waals surface area contributed by atoms with E-state index in [1.807, 2.05) is 5.43 Å². The molecule has 0 radical (unpaired) electrons. The average Bonchev–Trinajstić information content (AvgIpc) is 2.73. The minimum atomic E-state index is -1.55. The van der Waals surface area contributed by atoms with Crippen molar-refractivity contribution < 1.29 is 23.5 Å². The van der Waals surface area contributed by atoms with E-state index in [1.54, 1.807) is 0 Å². The molecule has 1 fully saturated rings. The van der Waals surface area contributed by atoms with E-state index in [-0.39, 0.29) is 17.7 Å². The monoisotopic (exact) mass is 294 g/mol. The van der Waals surface area contributed by atoms with E-state index in [0.717, 1.165) is 12.1 Å². The maximum Gasteiger partial charge on any atom is 0.322 e. The number of benzene rings is 1. The van der Waals surface area contributed by atoms with Crippen LogP contribution < -0.4 is 26.6 Å². The molecule has 2 aliphatic heterocycles. The largest absolute Gasteiger partial charge is 0.480 e. The first-order chi connectivity index (χ1) is 9.96. The molecule has 110 valence electrons. The number of amides is 4. The maximum atomic E-state index is 13.5. The van der Waals surface area contributed by atoms with Gasteiger partial charge in [0.1, 0.15) is 11.6 Å². The minimum Gasteiger partial charge on any atom is -0.480 e. The number of rotatable bonds is 1. The van der Waals surface area contributed by atoms with Gasteiger partial charge in [0.15, 0.2) is 11.6 Å². The Bertz CT molecular complexity index is 665. The van der Waals surface area contributed by atoms with Crippen LogP contribution in [0.3, 0.4) is 0 Å². The summed E-state index contributed by atoms with van der Waals surface area (Å²) in [6.45, 7) is 0. The molecule has 0 aliphatic carbocycles. The zero-order chi connectivity index (χ0) is 15.2. The third kappa shape index (κ3) is 1.89. The van der Waals surface area contributed by atoms with E-state index < -0.39 is 35.3 Å². The number of halogens is 1. The minimum absolute atomic E-state index is 0.133. The van der Waals surface area contributed by atoms with Gasteiger partial charge in [-0.3, -0.25) is 20.3 Å². The molecule has 5 N–H and O–H groups in total. The van der Waals surface area contributed by atoms with Crippen LogP contribution in [0.15, 0.2) is 18.2 Å². The molecule has 1 saturated heterocycles. The lowest BCUT2D eigenvalue weighted by Crippen LogP contribution is -2.55. The fraction of sp³-hybridized carbons (Fsp3) is 0.250. The summed E-state index contributed by atoms with van der Waals surface area (Å²) < 4.78 is 18.9. The van der Waals surface area contributed by atoms with Crippen LogP contribution in [0.2, 0.25) is 0 Å². The molecule has 4 amide bonds. The van der Waals surface area contributed by atoms with Crippen molar-refractivity contribution >= 4 is 17.8 Å². The van der Waals surface area contributed by atoms with Crippen molar-refractivity contribution in [1.82, 2.24) is 16.1 Å². The highest BCUT2D eigenvalue weighted by Gasteiger charge is 2.54. The van der Waals surface area contributed by atoms with E-state index in [4.69, 9.17) is 10.6 Å². The van der Waals surface area contributed by atoms with Crippen LogP contribution in [0.4, 0.5) is 9.18 Å². The quantitative estimate of drug-likeness (QED) is 0.229. The topological polar surface area (TPSA) is 123 Å². The van der Waals surface area contributed by atoms with Crippen LogP contribution in [-0.2, 0) is 15.1 Å². The molecule has 2 heterocycles. The molecular formula is C12H11FN4O4. The van der Waals surface area contributed by atoms with Crippen molar-refractivity contribution in [3.63, 3.8) is 0 Å². The second-order valence-electron chi connectivity index (χ2n) is 4.77. The van der Waals surface area contributed by atoms with Gasteiger partial charge in [-0.15, -0.1) is 0 Å². The predicted molar refractivity (Wildman–Crippen MR) is 66.1 cm³/mol. The number of ether oxygens (including phenoxy) is 1. The summed E-state index contributed by atoms with van der Waals surface area (Å²) in [7, 11) is 0. The molecule has 1 spiro atoms. The number of imide groups is 1. The molecular weight excluding hydrogens is 283 g/mol. The van der Waals surface area contributed by atoms with Gasteiger partial charge < -0.3 is 10.1 Å². The van der Waals surface area contributed by atoms with Gasteiger partial charge in [-0.05, 0) is 18.2 Å². The van der Waals surface area contributed by atoms with Gasteiger partial charge in [-0.1, -0.05) is 0 Å². The van der Waals surface area contributed by atoms with Gasteiger partial charge in [-0.2, -0.15) is 0 Å². The molecule has 0 saturated carbocycles. The Balaban J connectivity index is 2.14. The number of hydrogen-bond acceptors (Lipinski definition) is 5. The summed E-state index contributed by atoms with van der Waals surface area (Å²) in [6.07, 6.45) is -1.28. The standard InChI is InChI=1S/C12H11FN4O4/c13-5-1-2-7-6(3-5)12(10(19)15-11(20)16-12)4-8(21-7)9(18)17-14/h1-3,8H,4,14H2,(H,17,18)(H2,15,16,19,20). The Hall–Kier alpha value is -2.68. The lowest BCUT2D eigenvalue weighted by molar-refractivity contribution is -0.133. The third-order valence-electron chi connectivity index (χ3n) is 3.54. The van der Waals surface area contributed by atoms with Crippen LogP contribution in [0.1, 0.15) is 12.0 Å². The Morgan fingerprint density at radius 2 is 2.24 bits per heavy atom. The van der Waals surface area contributed by atoms with Crippen molar-refractivity contribution in [3.05, 3.63) is 29.6 Å². The molecule has 2 unspecified atom stereocenters. The Kier molecular flexibility index (Phi) is 2.80. The van der Waals surface area contributed by atoms with E-state index in [9.17, 15) is 18.8 Å². The Morgan fingerprint density at radius 1 is 1.48 bits per heavy atom. The number of hydrazine groups is 1. The molecule has 1 aromatic carbocycles. The SMILES string of the molecule is NNC(=O)C1CC2(NC(=O)NC2=O)c2cc(F)ccc2O1. The van der Waals surface area contributed by atoms with E-state index in [1.165, 1.54) is 6.07 Å². The van der Waals surface area contributed by atoms with Gasteiger partial charge in [0.2, 0.25) is 0 Å². The van der Waals surface area contributed by atoms with Gasteiger partial charge in [0, 0.05) is 12.0 Å². The lowest BCUT2D eigenvalue weighted by atomic mass is 9.81. The van der Waals surface area contributed by atoms with Crippen LogP contribution in [-0.4, -0.2) is 23.9 Å². The van der Waals surface area contributed by atoms with E-state index in [2.05, 4.69) is 10.6 Å². The lowest BCUT2D eigenvalue weighted by Gasteiger charge is -2.36. The summed E-state index contributed by atoms with van der Waals surface area (Å²) in [5.74, 6) is 3.29. The van der Waals surface area contributed by atoms with Gasteiger partial charge in [0.05, 0.1) is 0 Å². The number of hydrogen-bond donors (Lipinski definition) is 4. The van der Waals surface area contributed by atoms with Gasteiger partial charge in [0.25, 0.3) is 11.8 Å². The van der Waals surface area contributed by atoms with Crippen molar-refractivity contribution in [3.8, 4) is 5.75 Å². The van der Waals surface area contributed by atoms with E-state index in [0.29, 0.717) is 0 Å². The van der Waals surface area contributed by atoms with Crippen LogP contribution in [0.25, 0.3) is 0 Å². The molecule has 0 aromatic heterocycles. The van der Waals surface area contributed by atoms with E-state index >= 15 is 0 Å². The predicted octanol–water partition coefficient (Wildman–Crippen LogP) is -0.999. The van der Waals surface area contributed by atoms with Crippen LogP contribution in [0, 0.1) is 5.82 Å². The van der Waals surface area contributed by atoms with Crippen molar-refractivity contribution in [2.24, 2.45) is 5.84 Å². The summed E-state index contributed by atoms with van der Waals surface area (Å²) in [5.41, 5.74) is 0.534. The zero-order valence-electron chi connectivity index (χ0n) is 10.6. The molecule has 2 aliphatic rings. The summed E-state index contributed by atoms with van der Waals surface area (Å²) in [6, 6.07) is 2.80. The highest BCUT2D eigenvalue weighted by molar-refractivity contribution is 6.08. The Morgan fingerprint density at radius 3 is 2.86 bits per heavy atom. The number of nitrogens with two attached hydrogens (primary N) is 1. The molecule has 21 heavy (non-hydrogen) atoms. The molecule has 9 heteroatoms. The summed E-state index contributed by atoms with van der Waals surface area (Å²) in [5, 5.41) is 4.53. The number of fused-ring (bicyclic) bond motifs is 2. The summed E-state index contributed by atoms with van der Waals surface area (Å²) in [4.78, 5) is 35.3. The summed E-state index contributed by atoms with van der Waals surface area (Å²) >= 11 is 0. The maximum absolute atomic E-state index is 13.5. The normalized spacial score (nSPS) is 26.7. The smallest absolute Gasteiger partial charge is 0.322 e. The number of nitrogens with one attached hydrogen (secondary N) is 3. The van der Waals surface area contributed by atoms with Crippen molar-refractivity contribution in [1.29, 1.82) is 0 Å². The van der Waals surface area contributed by atoms with Crippen molar-refractivity contribution in [2.45, 2.75) is 18.1 Å². The highest BCUT2D eigenvalue weighted by Crippen LogP contribution is 2.41. The Labute approximate surface area is 117 Å². The van der Waals surface area contributed by atoms with Gasteiger partial charge >= 0.3 is 6.03 Å². The first-order valence-electron chi connectivity index (χ1n) is 6.07. The molecule has 8 nitrogen and oxygen atoms in total. The average molecular weight is 294 g/mol. The zero-order valence-corrected chi connectivity index (χ0v) is 10.6. The molecule has 3 rings (SSSR count). The second kappa shape index (κ2) is 4.42. The van der Waals surface area contributed by atoms with Gasteiger partial charge in [-0.25, -0.2) is 15.0 Å².